The van der Waals surface area contributed by atoms with E-state index in [2.05, 4.69) is 9.82 Å². The van der Waals surface area contributed by atoms with Gasteiger partial charge in [0.05, 0.1) is 31.1 Å². The molecule has 1 N–H and O–H groups in total. The van der Waals surface area contributed by atoms with Crippen LogP contribution in [0.5, 0.6) is 0 Å². The highest BCUT2D eigenvalue weighted by molar-refractivity contribution is 7.89. The highest BCUT2D eigenvalue weighted by Crippen LogP contribution is 2.18. The summed E-state index contributed by atoms with van der Waals surface area (Å²) >= 11 is 0. The zero-order chi connectivity index (χ0) is 17.9. The van der Waals surface area contributed by atoms with Crippen LogP contribution in [0.15, 0.2) is 41.4 Å². The molecule has 1 fully saturated rings. The summed E-state index contributed by atoms with van der Waals surface area (Å²) in [6.45, 7) is 3.04. The quantitative estimate of drug-likeness (QED) is 0.836. The molecule has 1 aliphatic rings. The largest absolute Gasteiger partial charge is 0.380 e. The second-order valence-electron chi connectivity index (χ2n) is 6.17. The second-order valence-corrected chi connectivity index (χ2v) is 7.83. The van der Waals surface area contributed by atoms with E-state index in [0.717, 1.165) is 5.56 Å². The lowest BCUT2D eigenvalue weighted by Crippen LogP contribution is -2.50. The van der Waals surface area contributed by atoms with E-state index >= 15 is 0 Å². The summed E-state index contributed by atoms with van der Waals surface area (Å²) in [5.41, 5.74) is 1.71. The van der Waals surface area contributed by atoms with Crippen molar-refractivity contribution in [3.8, 4) is 0 Å². The lowest BCUT2D eigenvalue weighted by atomic mass is 10.1. The summed E-state index contributed by atoms with van der Waals surface area (Å²) in [4.78, 5) is 0. The van der Waals surface area contributed by atoms with Crippen LogP contribution in [0.3, 0.4) is 0 Å². The van der Waals surface area contributed by atoms with E-state index in [1.807, 2.05) is 30.3 Å². The Labute approximate surface area is 148 Å². The molecule has 3 rings (SSSR count). The van der Waals surface area contributed by atoms with Gasteiger partial charge < -0.3 is 9.47 Å². The molecule has 0 bridgehead atoms. The van der Waals surface area contributed by atoms with E-state index in [1.54, 1.807) is 20.0 Å². The molecule has 1 aromatic carbocycles. The highest BCUT2D eigenvalue weighted by atomic mass is 32.2. The molecule has 25 heavy (non-hydrogen) atoms. The van der Waals surface area contributed by atoms with E-state index in [-0.39, 0.29) is 17.7 Å². The van der Waals surface area contributed by atoms with E-state index < -0.39 is 16.1 Å². The van der Waals surface area contributed by atoms with Crippen LogP contribution in [-0.4, -0.2) is 43.6 Å². The van der Waals surface area contributed by atoms with Gasteiger partial charge in [-0.05, 0) is 25.0 Å². The van der Waals surface area contributed by atoms with Crippen LogP contribution >= 0.6 is 0 Å². The normalized spacial score (nSPS) is 21.4. The number of aryl methyl sites for hydroxylation is 2. The molecule has 0 amide bonds. The van der Waals surface area contributed by atoms with E-state index in [4.69, 9.17) is 9.47 Å². The van der Waals surface area contributed by atoms with Crippen LogP contribution in [0.25, 0.3) is 0 Å². The average Bonchev–Trinajstić information content (AvgIpc) is 2.94. The van der Waals surface area contributed by atoms with Crippen molar-refractivity contribution in [2.75, 3.05) is 13.2 Å². The Morgan fingerprint density at radius 1 is 1.36 bits per heavy atom. The molecular weight excluding hydrogens is 342 g/mol. The minimum absolute atomic E-state index is 0.136. The molecule has 2 heterocycles. The maximum atomic E-state index is 12.7. The molecule has 1 aromatic heterocycles. The van der Waals surface area contributed by atoms with Crippen molar-refractivity contribution in [3.63, 3.8) is 0 Å². The summed E-state index contributed by atoms with van der Waals surface area (Å²) in [7, 11) is -2.08. The predicted molar refractivity (Wildman–Crippen MR) is 92.5 cm³/mol. The van der Waals surface area contributed by atoms with Gasteiger partial charge in [0, 0.05) is 13.7 Å². The Kier molecular flexibility index (Phi) is 5.53. The third-order valence-electron chi connectivity index (χ3n) is 4.14. The number of nitrogens with zero attached hydrogens (tertiary/aromatic N) is 2. The number of nitrogens with one attached hydrogen (secondary N) is 1. The van der Waals surface area contributed by atoms with Crippen molar-refractivity contribution in [1.82, 2.24) is 14.5 Å². The van der Waals surface area contributed by atoms with Gasteiger partial charge in [-0.25, -0.2) is 13.1 Å². The van der Waals surface area contributed by atoms with Gasteiger partial charge in [0.2, 0.25) is 0 Å². The van der Waals surface area contributed by atoms with Gasteiger partial charge in [-0.1, -0.05) is 30.3 Å². The third kappa shape index (κ3) is 4.46. The third-order valence-corrected chi connectivity index (χ3v) is 5.69. The van der Waals surface area contributed by atoms with Crippen molar-refractivity contribution in [1.29, 1.82) is 0 Å². The molecule has 1 saturated heterocycles. The Bertz CT molecular complexity index is 805. The Morgan fingerprint density at radius 2 is 2.12 bits per heavy atom. The van der Waals surface area contributed by atoms with Gasteiger partial charge in [0.15, 0.2) is 5.03 Å². The highest BCUT2D eigenvalue weighted by Gasteiger charge is 2.32. The van der Waals surface area contributed by atoms with Crippen LogP contribution in [0, 0.1) is 6.92 Å². The minimum atomic E-state index is -3.70. The van der Waals surface area contributed by atoms with Crippen LogP contribution in [-0.2, 0) is 33.2 Å². The monoisotopic (exact) mass is 365 g/mol. The lowest BCUT2D eigenvalue weighted by Gasteiger charge is -2.31. The van der Waals surface area contributed by atoms with Gasteiger partial charge in [-0.2, -0.15) is 5.10 Å². The first-order valence-electron chi connectivity index (χ1n) is 8.22. The second kappa shape index (κ2) is 7.65. The Balaban J connectivity index is 1.69. The van der Waals surface area contributed by atoms with Crippen molar-refractivity contribution in [2.24, 2.45) is 7.05 Å². The maximum absolute atomic E-state index is 12.7. The number of hydrogen-bond acceptors (Lipinski definition) is 5. The van der Waals surface area contributed by atoms with Crippen molar-refractivity contribution >= 4 is 10.0 Å². The van der Waals surface area contributed by atoms with Gasteiger partial charge in [-0.15, -0.1) is 0 Å². The number of benzene rings is 1. The van der Waals surface area contributed by atoms with E-state index in [9.17, 15) is 8.42 Å². The van der Waals surface area contributed by atoms with Crippen molar-refractivity contribution < 1.29 is 17.9 Å². The fourth-order valence-corrected chi connectivity index (χ4v) is 4.36. The van der Waals surface area contributed by atoms with Crippen LogP contribution in [0.2, 0.25) is 0 Å². The first kappa shape index (κ1) is 18.1. The van der Waals surface area contributed by atoms with Crippen LogP contribution in [0.1, 0.15) is 17.7 Å². The lowest BCUT2D eigenvalue weighted by molar-refractivity contribution is -0.0572. The first-order chi connectivity index (χ1) is 12.0. The summed E-state index contributed by atoms with van der Waals surface area (Å²) in [5, 5.41) is 4.24. The molecule has 8 heteroatoms. The molecule has 2 aromatic rings. The number of sulfonamides is 1. The molecule has 0 radical (unpaired) electrons. The van der Waals surface area contributed by atoms with Crippen molar-refractivity contribution in [2.45, 2.75) is 37.1 Å². The fraction of sp³-hybridized carbons (Fsp3) is 0.471. The fourth-order valence-electron chi connectivity index (χ4n) is 2.90. The van der Waals surface area contributed by atoms with Gasteiger partial charge in [-0.3, -0.25) is 4.68 Å². The molecule has 7 nitrogen and oxygen atoms in total. The number of rotatable bonds is 6. The number of aromatic nitrogens is 2. The van der Waals surface area contributed by atoms with E-state index in [1.165, 1.54) is 4.68 Å². The number of hydrogen-bond donors (Lipinski definition) is 1. The molecule has 0 saturated carbocycles. The number of ether oxygens (including phenoxy) is 2. The minimum Gasteiger partial charge on any atom is -0.380 e. The summed E-state index contributed by atoms with van der Waals surface area (Å²) in [5.74, 6) is 0. The Hall–Kier alpha value is -1.74. The SMILES string of the molecule is Cc1cc(S(=O)(=O)N[C@@H]2COCC[C@@H]2OCc2ccccc2)n(C)n1. The molecule has 2 atom stereocenters. The summed E-state index contributed by atoms with van der Waals surface area (Å²) < 4.78 is 40.8. The van der Waals surface area contributed by atoms with Gasteiger partial charge in [0.25, 0.3) is 10.0 Å². The molecular formula is C17H23N3O4S. The molecule has 0 unspecified atom stereocenters. The average molecular weight is 365 g/mol. The van der Waals surface area contributed by atoms with Crippen LogP contribution in [0.4, 0.5) is 0 Å². The molecule has 0 aliphatic carbocycles. The summed E-state index contributed by atoms with van der Waals surface area (Å²) in [6.07, 6.45) is 0.405. The first-order valence-corrected chi connectivity index (χ1v) is 9.70. The van der Waals surface area contributed by atoms with Gasteiger partial charge in [0.1, 0.15) is 0 Å². The van der Waals surface area contributed by atoms with E-state index in [0.29, 0.717) is 25.3 Å². The standard InChI is InChI=1S/C17H23N3O4S/c1-13-10-17(20(2)18-13)25(21,22)19-15-12-23-9-8-16(15)24-11-14-6-4-3-5-7-14/h3-7,10,15-16,19H,8-9,11-12H2,1-2H3/t15-,16+/m1/s1. The Morgan fingerprint density at radius 3 is 2.80 bits per heavy atom. The zero-order valence-corrected chi connectivity index (χ0v) is 15.2. The predicted octanol–water partition coefficient (Wildman–Crippen LogP) is 1.38. The molecule has 136 valence electrons. The molecule has 0 spiro atoms. The van der Waals surface area contributed by atoms with Gasteiger partial charge >= 0.3 is 0 Å². The maximum Gasteiger partial charge on any atom is 0.258 e. The smallest absolute Gasteiger partial charge is 0.258 e. The van der Waals surface area contributed by atoms with Crippen molar-refractivity contribution in [3.05, 3.63) is 47.7 Å². The topological polar surface area (TPSA) is 82.5 Å². The molecule has 1 aliphatic heterocycles. The van der Waals surface area contributed by atoms with Crippen LogP contribution < -0.4 is 4.72 Å². The zero-order valence-electron chi connectivity index (χ0n) is 14.4. The summed E-state index contributed by atoms with van der Waals surface area (Å²) in [6, 6.07) is 10.9.